The molecule has 0 rings (SSSR count). The van der Waals surface area contributed by atoms with Crippen molar-refractivity contribution < 1.29 is 89.8 Å². The first-order valence-corrected chi connectivity index (χ1v) is 3.03. The Morgan fingerprint density at radius 2 is 0.500 bits per heavy atom. The fourth-order valence-electron chi connectivity index (χ4n) is 0. The molecule has 0 saturated carbocycles. The second kappa shape index (κ2) is 31.6. The van der Waals surface area contributed by atoms with Crippen LogP contribution in [-0.4, -0.2) is 120 Å². The molecule has 0 spiro atoms. The first kappa shape index (κ1) is 37.0. The van der Waals surface area contributed by atoms with Crippen molar-refractivity contribution in [3.05, 3.63) is 0 Å². The third kappa shape index (κ3) is 1060. The molecule has 0 fully saturated rings. The standard InChI is InChI=1S/3BH3O3.BO3.Na.Sr/c4*2-1(3)4;;/h3*2-4H;;;/q;;;-3;+1;+2. The SMILES string of the molecule is OB(O)O.OB(O)O.OB(O)O.[Na+].[O-]B([O-])[O-].[Sr+2]. The minimum absolute atomic E-state index is 0. The van der Waals surface area contributed by atoms with Gasteiger partial charge in [-0.1, -0.05) is 0 Å². The Morgan fingerprint density at radius 1 is 0.500 bits per heavy atom. The van der Waals surface area contributed by atoms with E-state index in [1.807, 2.05) is 0 Å². The van der Waals surface area contributed by atoms with Crippen molar-refractivity contribution in [1.82, 2.24) is 0 Å². The second-order valence-corrected chi connectivity index (χ2v) is 1.33. The summed E-state index contributed by atoms with van der Waals surface area (Å²) in [7, 11) is -9.42. The Bertz CT molecular complexity index is 67.1. The predicted molar refractivity (Wildman–Crippen MR) is 48.7 cm³/mol. The van der Waals surface area contributed by atoms with Crippen LogP contribution in [0, 0.1) is 0 Å². The summed E-state index contributed by atoms with van der Waals surface area (Å²) in [6.45, 7) is 0. The molecule has 0 aliphatic heterocycles. The molecular formula is H9B4NaO12Sr. The van der Waals surface area contributed by atoms with Crippen LogP contribution < -0.4 is 44.6 Å². The van der Waals surface area contributed by atoms with Crippen LogP contribution in [0.2, 0.25) is 0 Å². The summed E-state index contributed by atoms with van der Waals surface area (Å²) in [5, 5.41) is 89.8. The van der Waals surface area contributed by atoms with Gasteiger partial charge in [0.2, 0.25) is 0 Å². The van der Waals surface area contributed by atoms with Gasteiger partial charge in [-0.05, 0) is 0 Å². The Hall–Kier alpha value is 2.26. The molecular weight excluding hydrogens is 346 g/mol. The molecule has 0 aromatic rings. The van der Waals surface area contributed by atoms with Crippen LogP contribution in [0.1, 0.15) is 0 Å². The molecule has 0 atom stereocenters. The third-order valence-electron chi connectivity index (χ3n) is 0. The second-order valence-electron chi connectivity index (χ2n) is 1.33. The fraction of sp³-hybridized carbons (Fsp3) is 0. The van der Waals surface area contributed by atoms with E-state index < -0.39 is 29.3 Å². The molecule has 0 aromatic heterocycles. The maximum absolute atomic E-state index is 8.42. The molecule has 9 N–H and O–H groups in total. The summed E-state index contributed by atoms with van der Waals surface area (Å²) in [6.07, 6.45) is 0. The van der Waals surface area contributed by atoms with E-state index >= 15 is 0 Å². The van der Waals surface area contributed by atoms with Gasteiger partial charge in [-0.15, -0.1) is 0 Å². The minimum Gasteiger partial charge on any atom is -0.907 e. The van der Waals surface area contributed by atoms with Crippen molar-refractivity contribution in [2.45, 2.75) is 0 Å². The summed E-state index contributed by atoms with van der Waals surface area (Å²) >= 11 is 0. The molecule has 0 aliphatic carbocycles. The van der Waals surface area contributed by atoms with E-state index in [2.05, 4.69) is 0 Å². The summed E-state index contributed by atoms with van der Waals surface area (Å²) in [5.74, 6) is 0. The van der Waals surface area contributed by atoms with Crippen molar-refractivity contribution in [2.75, 3.05) is 0 Å². The van der Waals surface area contributed by atoms with Gasteiger partial charge in [0.15, 0.2) is 0 Å². The van der Waals surface area contributed by atoms with Crippen LogP contribution in [0.4, 0.5) is 0 Å². The average molecular weight is 355 g/mol. The van der Waals surface area contributed by atoms with Crippen LogP contribution in [-0.2, 0) is 0 Å². The quantitative estimate of drug-likeness (QED) is 0.184. The minimum atomic E-state index is -2.92. The predicted octanol–water partition coefficient (Wildman–Crippen LogP) is -13.5. The Morgan fingerprint density at radius 3 is 0.500 bits per heavy atom. The van der Waals surface area contributed by atoms with Gasteiger partial charge in [0.25, 0.3) is 0 Å². The Balaban J connectivity index is -0.0000000257. The monoisotopic (exact) mass is 356 g/mol. The normalized spacial score (nSPS) is 6.00. The maximum atomic E-state index is 8.42. The molecule has 18 heavy (non-hydrogen) atoms. The van der Waals surface area contributed by atoms with Gasteiger partial charge in [-0.2, -0.15) is 0 Å². The number of hydrogen-bond donors (Lipinski definition) is 9. The molecule has 12 nitrogen and oxygen atoms in total. The fourth-order valence-corrected chi connectivity index (χ4v) is 0. The van der Waals surface area contributed by atoms with Gasteiger partial charge in [-0.25, -0.2) is 0 Å². The zero-order valence-electron chi connectivity index (χ0n) is 9.27. The summed E-state index contributed by atoms with van der Waals surface area (Å²) in [4.78, 5) is 0. The van der Waals surface area contributed by atoms with Gasteiger partial charge in [-0.3, -0.25) is 7.32 Å². The molecule has 0 unspecified atom stereocenters. The first-order chi connectivity index (χ1) is 6.93. The van der Waals surface area contributed by atoms with Crippen LogP contribution in [0.15, 0.2) is 0 Å². The largest absolute Gasteiger partial charge is 2.00 e. The zero-order valence-corrected chi connectivity index (χ0v) is 14.7. The molecule has 0 heterocycles. The van der Waals surface area contributed by atoms with E-state index in [0.29, 0.717) is 0 Å². The Labute approximate surface area is 162 Å². The molecule has 0 saturated heterocycles. The van der Waals surface area contributed by atoms with Crippen LogP contribution >= 0.6 is 0 Å². The van der Waals surface area contributed by atoms with Crippen molar-refractivity contribution >= 4 is 74.8 Å². The maximum Gasteiger partial charge on any atom is 2.00 e. The van der Waals surface area contributed by atoms with Crippen LogP contribution in [0.25, 0.3) is 0 Å². The van der Waals surface area contributed by atoms with Crippen LogP contribution in [0.3, 0.4) is 0 Å². The van der Waals surface area contributed by atoms with Gasteiger partial charge < -0.3 is 60.3 Å². The molecule has 0 aliphatic rings. The van der Waals surface area contributed by atoms with E-state index in [1.54, 1.807) is 0 Å². The summed E-state index contributed by atoms with van der Waals surface area (Å²) < 4.78 is 0. The van der Waals surface area contributed by atoms with E-state index in [4.69, 9.17) is 60.3 Å². The van der Waals surface area contributed by atoms with Crippen molar-refractivity contribution in [1.29, 1.82) is 0 Å². The zero-order chi connectivity index (χ0) is 14.3. The van der Waals surface area contributed by atoms with E-state index in [1.165, 1.54) is 0 Å². The number of hydrogen-bond acceptors (Lipinski definition) is 12. The first-order valence-electron chi connectivity index (χ1n) is 3.03. The van der Waals surface area contributed by atoms with E-state index in [0.717, 1.165) is 0 Å². The molecule has 18 heteroatoms. The van der Waals surface area contributed by atoms with Gasteiger partial charge in [0.05, 0.1) is 0 Å². The van der Waals surface area contributed by atoms with Gasteiger partial charge >= 0.3 is 97.0 Å². The van der Waals surface area contributed by atoms with Crippen molar-refractivity contribution in [3.8, 4) is 0 Å². The van der Waals surface area contributed by atoms with Gasteiger partial charge in [0.1, 0.15) is 0 Å². The van der Waals surface area contributed by atoms with Crippen molar-refractivity contribution in [2.24, 2.45) is 0 Å². The molecule has 0 bridgehead atoms. The average Bonchev–Trinajstić information content (AvgIpc) is 1.76. The number of rotatable bonds is 0. The molecule has 0 amide bonds. The smallest absolute Gasteiger partial charge is 0.907 e. The van der Waals surface area contributed by atoms with Crippen LogP contribution in [0.5, 0.6) is 0 Å². The third-order valence-corrected chi connectivity index (χ3v) is 0. The molecule has 0 aromatic carbocycles. The Kier molecular flexibility index (Phi) is 64.8. The topological polar surface area (TPSA) is 251 Å². The van der Waals surface area contributed by atoms with E-state index in [9.17, 15) is 0 Å². The van der Waals surface area contributed by atoms with Gasteiger partial charge in [0, 0.05) is 0 Å². The summed E-state index contributed by atoms with van der Waals surface area (Å²) in [5.41, 5.74) is 0. The van der Waals surface area contributed by atoms with Crippen molar-refractivity contribution in [3.63, 3.8) is 0 Å². The summed E-state index contributed by atoms with van der Waals surface area (Å²) in [6, 6.07) is 0. The molecule has 96 valence electrons. The van der Waals surface area contributed by atoms with E-state index in [-0.39, 0.29) is 75.0 Å². The molecule has 0 radical (unpaired) electrons.